The van der Waals surface area contributed by atoms with Crippen molar-refractivity contribution < 1.29 is 0 Å². The Balaban J connectivity index is 3.33. The summed E-state index contributed by atoms with van der Waals surface area (Å²) >= 11 is 4.17. The fourth-order valence-corrected chi connectivity index (χ4v) is 1.55. The van der Waals surface area contributed by atoms with Gasteiger partial charge in [-0.15, -0.1) is 0 Å². The van der Waals surface area contributed by atoms with Crippen LogP contribution in [0.2, 0.25) is 0 Å². The van der Waals surface area contributed by atoms with E-state index in [1.807, 2.05) is 0 Å². The summed E-state index contributed by atoms with van der Waals surface area (Å²) in [6, 6.07) is 0. The van der Waals surface area contributed by atoms with E-state index < -0.39 is 0 Å². The van der Waals surface area contributed by atoms with Crippen LogP contribution < -0.4 is 5.32 Å². The first-order valence-electron chi connectivity index (χ1n) is 4.94. The minimum Gasteiger partial charge on any atom is -0.316 e. The molecular weight excluding hydrogens is 166 g/mol. The number of rotatable bonds is 7. The van der Waals surface area contributed by atoms with E-state index in [9.17, 15) is 0 Å². The van der Waals surface area contributed by atoms with Crippen LogP contribution in [0.25, 0.3) is 0 Å². The van der Waals surface area contributed by atoms with E-state index in [4.69, 9.17) is 0 Å². The highest BCUT2D eigenvalue weighted by atomic mass is 32.1. The van der Waals surface area contributed by atoms with Crippen molar-refractivity contribution in [1.82, 2.24) is 5.32 Å². The molecule has 0 radical (unpaired) electrons. The zero-order chi connectivity index (χ0) is 9.45. The van der Waals surface area contributed by atoms with Gasteiger partial charge in [-0.3, -0.25) is 0 Å². The molecule has 1 nitrogen and oxygen atoms in total. The Bertz CT molecular complexity index is 102. The molecule has 74 valence electrons. The minimum atomic E-state index is 0.464. The average Bonchev–Trinajstić information content (AvgIpc) is 1.98. The Kier molecular flexibility index (Phi) is 6.96. The standard InChI is InChI=1S/C10H23NS/c1-4-6-10(2,3)9-11-7-5-8-12/h11-12H,4-9H2,1-3H3. The van der Waals surface area contributed by atoms with Gasteiger partial charge in [0.15, 0.2) is 0 Å². The molecule has 0 aromatic rings. The molecule has 0 aliphatic carbocycles. The van der Waals surface area contributed by atoms with E-state index in [1.54, 1.807) is 0 Å². The van der Waals surface area contributed by atoms with Crippen LogP contribution in [0.3, 0.4) is 0 Å². The Morgan fingerprint density at radius 2 is 2.00 bits per heavy atom. The fraction of sp³-hybridized carbons (Fsp3) is 1.00. The predicted molar refractivity (Wildman–Crippen MR) is 60.0 cm³/mol. The molecule has 0 bridgehead atoms. The molecular formula is C10H23NS. The molecule has 0 saturated heterocycles. The van der Waals surface area contributed by atoms with Crippen LogP contribution in [0.15, 0.2) is 0 Å². The van der Waals surface area contributed by atoms with Crippen molar-refractivity contribution in [3.63, 3.8) is 0 Å². The summed E-state index contributed by atoms with van der Waals surface area (Å²) in [5.41, 5.74) is 0.464. The van der Waals surface area contributed by atoms with Crippen molar-refractivity contribution in [3.05, 3.63) is 0 Å². The van der Waals surface area contributed by atoms with Gasteiger partial charge in [-0.25, -0.2) is 0 Å². The predicted octanol–water partition coefficient (Wildman–Crippen LogP) is 2.72. The second kappa shape index (κ2) is 6.79. The number of hydrogen-bond acceptors (Lipinski definition) is 2. The maximum absolute atomic E-state index is 4.17. The quantitative estimate of drug-likeness (QED) is 0.463. The van der Waals surface area contributed by atoms with Gasteiger partial charge in [0.1, 0.15) is 0 Å². The highest BCUT2D eigenvalue weighted by Gasteiger charge is 2.14. The third-order valence-electron chi connectivity index (χ3n) is 2.04. The summed E-state index contributed by atoms with van der Waals surface area (Å²) in [6.07, 6.45) is 3.76. The van der Waals surface area contributed by atoms with Crippen LogP contribution in [0.5, 0.6) is 0 Å². The SMILES string of the molecule is CCCC(C)(C)CNCCCS. The molecule has 12 heavy (non-hydrogen) atoms. The van der Waals surface area contributed by atoms with Crippen molar-refractivity contribution in [1.29, 1.82) is 0 Å². The molecule has 0 aromatic carbocycles. The summed E-state index contributed by atoms with van der Waals surface area (Å²) in [6.45, 7) is 9.13. The van der Waals surface area contributed by atoms with Crippen LogP contribution in [0.4, 0.5) is 0 Å². The van der Waals surface area contributed by atoms with E-state index in [-0.39, 0.29) is 0 Å². The normalized spacial score (nSPS) is 12.0. The second-order valence-electron chi connectivity index (χ2n) is 4.17. The van der Waals surface area contributed by atoms with Crippen LogP contribution in [-0.4, -0.2) is 18.8 Å². The van der Waals surface area contributed by atoms with Gasteiger partial charge in [0.25, 0.3) is 0 Å². The van der Waals surface area contributed by atoms with Crippen molar-refractivity contribution >= 4 is 12.6 Å². The first-order chi connectivity index (χ1) is 5.62. The molecule has 0 fully saturated rings. The maximum atomic E-state index is 4.17. The maximum Gasteiger partial charge on any atom is 0.000252 e. The number of thiol groups is 1. The summed E-state index contributed by atoms with van der Waals surface area (Å²) in [7, 11) is 0. The molecule has 0 amide bonds. The van der Waals surface area contributed by atoms with Gasteiger partial charge in [-0.1, -0.05) is 27.2 Å². The molecule has 0 unspecified atom stereocenters. The summed E-state index contributed by atoms with van der Waals surface area (Å²) in [5, 5.41) is 3.46. The lowest BCUT2D eigenvalue weighted by Gasteiger charge is -2.24. The molecule has 0 aromatic heterocycles. The zero-order valence-corrected chi connectivity index (χ0v) is 9.58. The third kappa shape index (κ3) is 6.99. The van der Waals surface area contributed by atoms with Crippen LogP contribution in [-0.2, 0) is 0 Å². The van der Waals surface area contributed by atoms with Crippen LogP contribution in [0, 0.1) is 5.41 Å². The van der Waals surface area contributed by atoms with Gasteiger partial charge in [-0.05, 0) is 30.6 Å². The summed E-state index contributed by atoms with van der Waals surface area (Å²) in [4.78, 5) is 0. The van der Waals surface area contributed by atoms with Gasteiger partial charge in [0.2, 0.25) is 0 Å². The lowest BCUT2D eigenvalue weighted by atomic mass is 9.88. The first kappa shape index (κ1) is 12.3. The van der Waals surface area contributed by atoms with Gasteiger partial charge >= 0.3 is 0 Å². The Morgan fingerprint density at radius 3 is 2.50 bits per heavy atom. The highest BCUT2D eigenvalue weighted by Crippen LogP contribution is 2.20. The van der Waals surface area contributed by atoms with Crippen LogP contribution in [0.1, 0.15) is 40.0 Å². The average molecular weight is 189 g/mol. The lowest BCUT2D eigenvalue weighted by molar-refractivity contribution is 0.312. The van der Waals surface area contributed by atoms with E-state index in [2.05, 4.69) is 38.7 Å². The van der Waals surface area contributed by atoms with Crippen molar-refractivity contribution in [2.45, 2.75) is 40.0 Å². The topological polar surface area (TPSA) is 12.0 Å². The summed E-state index contributed by atoms with van der Waals surface area (Å²) < 4.78 is 0. The van der Waals surface area contributed by atoms with Crippen molar-refractivity contribution in [2.75, 3.05) is 18.8 Å². The van der Waals surface area contributed by atoms with Gasteiger partial charge < -0.3 is 5.32 Å². The second-order valence-corrected chi connectivity index (χ2v) is 4.62. The first-order valence-corrected chi connectivity index (χ1v) is 5.57. The Labute approximate surface area is 82.7 Å². The smallest absolute Gasteiger partial charge is 0.000252 e. The molecule has 2 heteroatoms. The van der Waals surface area contributed by atoms with E-state index >= 15 is 0 Å². The number of nitrogens with one attached hydrogen (secondary N) is 1. The van der Waals surface area contributed by atoms with Gasteiger partial charge in [0.05, 0.1) is 0 Å². The van der Waals surface area contributed by atoms with E-state index in [1.165, 1.54) is 19.3 Å². The lowest BCUT2D eigenvalue weighted by Crippen LogP contribution is -2.30. The Hall–Kier alpha value is 0.310. The molecule has 1 N–H and O–H groups in total. The zero-order valence-electron chi connectivity index (χ0n) is 8.69. The molecule has 0 rings (SSSR count). The van der Waals surface area contributed by atoms with Crippen LogP contribution >= 0.6 is 12.6 Å². The van der Waals surface area contributed by atoms with E-state index in [0.29, 0.717) is 5.41 Å². The monoisotopic (exact) mass is 189 g/mol. The summed E-state index contributed by atoms with van der Waals surface area (Å²) in [5.74, 6) is 0.987. The van der Waals surface area contributed by atoms with Crippen molar-refractivity contribution in [2.24, 2.45) is 5.41 Å². The molecule has 0 aliphatic rings. The molecule has 0 atom stereocenters. The Morgan fingerprint density at radius 1 is 1.33 bits per heavy atom. The molecule has 0 spiro atoms. The third-order valence-corrected chi connectivity index (χ3v) is 2.36. The largest absolute Gasteiger partial charge is 0.316 e. The van der Waals surface area contributed by atoms with Gasteiger partial charge in [0, 0.05) is 6.54 Å². The highest BCUT2D eigenvalue weighted by molar-refractivity contribution is 7.80. The minimum absolute atomic E-state index is 0.464. The molecule has 0 aliphatic heterocycles. The molecule has 0 heterocycles. The molecule has 0 saturated carbocycles. The fourth-order valence-electron chi connectivity index (χ4n) is 1.40. The van der Waals surface area contributed by atoms with E-state index in [0.717, 1.165) is 18.8 Å². The number of hydrogen-bond donors (Lipinski definition) is 2. The van der Waals surface area contributed by atoms with Crippen molar-refractivity contribution in [3.8, 4) is 0 Å². The van der Waals surface area contributed by atoms with Gasteiger partial charge in [-0.2, -0.15) is 12.6 Å².